The monoisotopic (exact) mass is 436 g/mol. The van der Waals surface area contributed by atoms with E-state index < -0.39 is 0 Å². The SMILES string of the molecule is CN(C[C@H]1CC[C@H](COCCCCN2CCCC2)CC1)C(=O)Oc1ccc(Cl)cc1. The maximum absolute atomic E-state index is 12.3. The standard InChI is InChI=1S/C24H37ClN2O3/c1-26(24(28)30-23-12-10-22(25)11-13-23)18-20-6-8-21(9-7-20)19-29-17-5-4-16-27-14-2-3-15-27/h10-13,20-21H,2-9,14-19H2,1H3/t20-,21-. The zero-order chi connectivity index (χ0) is 21.2. The third-order valence-corrected chi connectivity index (χ3v) is 6.65. The molecule has 0 bridgehead atoms. The highest BCUT2D eigenvalue weighted by atomic mass is 35.5. The van der Waals surface area contributed by atoms with Crippen molar-refractivity contribution in [2.75, 3.05) is 46.4 Å². The highest BCUT2D eigenvalue weighted by molar-refractivity contribution is 6.30. The van der Waals surface area contributed by atoms with Crippen molar-refractivity contribution < 1.29 is 14.3 Å². The summed E-state index contributed by atoms with van der Waals surface area (Å²) in [4.78, 5) is 16.6. The van der Waals surface area contributed by atoms with Gasteiger partial charge in [0.15, 0.2) is 0 Å². The summed E-state index contributed by atoms with van der Waals surface area (Å²) in [6, 6.07) is 6.87. The Hall–Kier alpha value is -1.30. The molecule has 168 valence electrons. The van der Waals surface area contributed by atoms with Gasteiger partial charge in [0.05, 0.1) is 0 Å². The van der Waals surface area contributed by atoms with Gasteiger partial charge >= 0.3 is 6.09 Å². The predicted molar refractivity (Wildman–Crippen MR) is 121 cm³/mol. The molecule has 0 spiro atoms. The Labute approximate surface area is 186 Å². The van der Waals surface area contributed by atoms with Crippen LogP contribution in [0.2, 0.25) is 5.02 Å². The van der Waals surface area contributed by atoms with Crippen LogP contribution in [0.4, 0.5) is 4.79 Å². The summed E-state index contributed by atoms with van der Waals surface area (Å²) in [6.45, 7) is 6.35. The van der Waals surface area contributed by atoms with Crippen LogP contribution in [0.5, 0.6) is 5.75 Å². The number of ether oxygens (including phenoxy) is 2. The lowest BCUT2D eigenvalue weighted by atomic mass is 9.82. The van der Waals surface area contributed by atoms with Gasteiger partial charge in [0.2, 0.25) is 0 Å². The van der Waals surface area contributed by atoms with E-state index in [1.807, 2.05) is 7.05 Å². The zero-order valence-corrected chi connectivity index (χ0v) is 19.1. The number of benzene rings is 1. The van der Waals surface area contributed by atoms with Gasteiger partial charge in [-0.3, -0.25) is 0 Å². The average Bonchev–Trinajstić information content (AvgIpc) is 3.27. The molecule has 0 aromatic heterocycles. The molecule has 1 amide bonds. The molecule has 1 aliphatic heterocycles. The fraction of sp³-hybridized carbons (Fsp3) is 0.708. The lowest BCUT2D eigenvalue weighted by molar-refractivity contribution is 0.0707. The minimum atomic E-state index is -0.309. The molecule has 1 aromatic carbocycles. The second kappa shape index (κ2) is 12.5. The minimum absolute atomic E-state index is 0.309. The van der Waals surface area contributed by atoms with E-state index in [1.54, 1.807) is 29.2 Å². The van der Waals surface area contributed by atoms with Crippen molar-refractivity contribution in [2.24, 2.45) is 11.8 Å². The van der Waals surface area contributed by atoms with E-state index in [9.17, 15) is 4.79 Å². The summed E-state index contributed by atoms with van der Waals surface area (Å²) in [5.74, 6) is 1.74. The molecule has 5 nitrogen and oxygen atoms in total. The molecule has 1 aromatic rings. The van der Waals surface area contributed by atoms with Crippen molar-refractivity contribution >= 4 is 17.7 Å². The highest BCUT2D eigenvalue weighted by Gasteiger charge is 2.24. The Morgan fingerprint density at radius 1 is 1.07 bits per heavy atom. The number of carbonyl (C=O) groups is 1. The largest absolute Gasteiger partial charge is 0.414 e. The van der Waals surface area contributed by atoms with E-state index in [-0.39, 0.29) is 6.09 Å². The molecule has 2 aliphatic rings. The molecule has 0 atom stereocenters. The summed E-state index contributed by atoms with van der Waals surface area (Å²) >= 11 is 5.87. The molecule has 0 N–H and O–H groups in total. The summed E-state index contributed by atoms with van der Waals surface area (Å²) in [6.07, 6.45) is 9.56. The lowest BCUT2D eigenvalue weighted by Crippen LogP contribution is -2.35. The summed E-state index contributed by atoms with van der Waals surface area (Å²) in [5, 5.41) is 0.631. The number of likely N-dealkylation sites (tertiary alicyclic amines) is 1. The van der Waals surface area contributed by atoms with Crippen LogP contribution in [0.1, 0.15) is 51.4 Å². The Morgan fingerprint density at radius 2 is 1.73 bits per heavy atom. The normalized spacial score (nSPS) is 22.2. The fourth-order valence-electron chi connectivity index (χ4n) is 4.52. The maximum Gasteiger partial charge on any atom is 0.414 e. The Balaban J connectivity index is 1.23. The van der Waals surface area contributed by atoms with Crippen molar-refractivity contribution in [3.05, 3.63) is 29.3 Å². The Morgan fingerprint density at radius 3 is 2.43 bits per heavy atom. The van der Waals surface area contributed by atoms with Crippen LogP contribution in [0.15, 0.2) is 24.3 Å². The van der Waals surface area contributed by atoms with Crippen LogP contribution in [0.3, 0.4) is 0 Å². The van der Waals surface area contributed by atoms with E-state index >= 15 is 0 Å². The predicted octanol–water partition coefficient (Wildman–Crippen LogP) is 5.47. The zero-order valence-electron chi connectivity index (χ0n) is 18.4. The van der Waals surface area contributed by atoms with Gasteiger partial charge in [-0.2, -0.15) is 0 Å². The van der Waals surface area contributed by atoms with Gasteiger partial charge in [-0.1, -0.05) is 11.6 Å². The molecule has 2 fully saturated rings. The number of rotatable bonds is 10. The molecular formula is C24H37ClN2O3. The average molecular weight is 437 g/mol. The molecule has 30 heavy (non-hydrogen) atoms. The van der Waals surface area contributed by atoms with Gasteiger partial charge in [0.25, 0.3) is 0 Å². The first kappa shape index (κ1) is 23.4. The van der Waals surface area contributed by atoms with Crippen molar-refractivity contribution in [2.45, 2.75) is 51.4 Å². The summed E-state index contributed by atoms with van der Waals surface area (Å²) in [5.41, 5.74) is 0. The molecule has 1 saturated heterocycles. The van der Waals surface area contributed by atoms with Crippen molar-refractivity contribution in [3.8, 4) is 5.75 Å². The third kappa shape index (κ3) is 8.09. The highest BCUT2D eigenvalue weighted by Crippen LogP contribution is 2.29. The van der Waals surface area contributed by atoms with Crippen LogP contribution < -0.4 is 4.74 Å². The van der Waals surface area contributed by atoms with E-state index in [1.165, 1.54) is 58.2 Å². The minimum Gasteiger partial charge on any atom is -0.410 e. The molecule has 1 heterocycles. The molecule has 0 radical (unpaired) electrons. The van der Waals surface area contributed by atoms with Crippen LogP contribution in [-0.2, 0) is 4.74 Å². The van der Waals surface area contributed by atoms with Gasteiger partial charge in [-0.25, -0.2) is 4.79 Å². The number of nitrogens with zero attached hydrogens (tertiary/aromatic N) is 2. The number of unbranched alkanes of at least 4 members (excludes halogenated alkanes) is 1. The second-order valence-electron chi connectivity index (χ2n) is 8.92. The van der Waals surface area contributed by atoms with Crippen molar-refractivity contribution in [1.29, 1.82) is 0 Å². The lowest BCUT2D eigenvalue weighted by Gasteiger charge is -2.30. The quantitative estimate of drug-likeness (QED) is 0.456. The van der Waals surface area contributed by atoms with E-state index in [0.29, 0.717) is 22.6 Å². The number of halogens is 1. The molecule has 0 unspecified atom stereocenters. The summed E-state index contributed by atoms with van der Waals surface area (Å²) < 4.78 is 11.4. The number of hydrogen-bond acceptors (Lipinski definition) is 4. The van der Waals surface area contributed by atoms with Gasteiger partial charge in [-0.05, 0) is 107 Å². The van der Waals surface area contributed by atoms with Crippen molar-refractivity contribution in [3.63, 3.8) is 0 Å². The smallest absolute Gasteiger partial charge is 0.410 e. The molecule has 6 heteroatoms. The van der Waals surface area contributed by atoms with Crippen LogP contribution >= 0.6 is 11.6 Å². The molecule has 1 saturated carbocycles. The van der Waals surface area contributed by atoms with Gasteiger partial charge in [-0.15, -0.1) is 0 Å². The van der Waals surface area contributed by atoms with Crippen LogP contribution in [0.25, 0.3) is 0 Å². The van der Waals surface area contributed by atoms with E-state index in [0.717, 1.165) is 32.6 Å². The molecule has 1 aliphatic carbocycles. The summed E-state index contributed by atoms with van der Waals surface area (Å²) in [7, 11) is 1.82. The Bertz CT molecular complexity index is 626. The number of hydrogen-bond donors (Lipinski definition) is 0. The fourth-order valence-corrected chi connectivity index (χ4v) is 4.65. The molecular weight excluding hydrogens is 400 g/mol. The first-order valence-corrected chi connectivity index (χ1v) is 12.0. The molecule has 3 rings (SSSR count). The first-order valence-electron chi connectivity index (χ1n) is 11.6. The van der Waals surface area contributed by atoms with Gasteiger partial charge < -0.3 is 19.3 Å². The van der Waals surface area contributed by atoms with Crippen LogP contribution in [0, 0.1) is 11.8 Å². The number of carbonyl (C=O) groups excluding carboxylic acids is 1. The number of amides is 1. The van der Waals surface area contributed by atoms with Crippen LogP contribution in [-0.4, -0.2) is 62.3 Å². The van der Waals surface area contributed by atoms with E-state index in [4.69, 9.17) is 21.1 Å². The second-order valence-corrected chi connectivity index (χ2v) is 9.36. The maximum atomic E-state index is 12.3. The van der Waals surface area contributed by atoms with Gasteiger partial charge in [0.1, 0.15) is 5.75 Å². The first-order chi connectivity index (χ1) is 14.6. The van der Waals surface area contributed by atoms with Gasteiger partial charge in [0, 0.05) is 31.8 Å². The Kier molecular flexibility index (Phi) is 9.76. The van der Waals surface area contributed by atoms with E-state index in [2.05, 4.69) is 4.90 Å². The van der Waals surface area contributed by atoms with Crippen molar-refractivity contribution in [1.82, 2.24) is 9.80 Å². The topological polar surface area (TPSA) is 42.0 Å². The third-order valence-electron chi connectivity index (χ3n) is 6.39.